The molecule has 0 saturated heterocycles. The molecule has 1 aromatic heterocycles. The lowest BCUT2D eigenvalue weighted by Gasteiger charge is -2.39. The zero-order valence-corrected chi connectivity index (χ0v) is 43.8. The van der Waals surface area contributed by atoms with Crippen molar-refractivity contribution in [2.24, 2.45) is 0 Å². The second-order valence-corrected chi connectivity index (χ2v) is 21.8. The average Bonchev–Trinajstić information content (AvgIpc) is 4.34. The molecule has 1 atom stereocenters. The van der Waals surface area contributed by atoms with E-state index in [0.717, 1.165) is 17.1 Å². The van der Waals surface area contributed by atoms with Crippen LogP contribution < -0.4 is 4.90 Å². The van der Waals surface area contributed by atoms with Gasteiger partial charge in [0.15, 0.2) is 0 Å². The lowest BCUT2D eigenvalue weighted by Crippen LogP contribution is -2.33. The molecule has 0 radical (unpaired) electrons. The maximum absolute atomic E-state index is 2.54. The number of aromatic nitrogens is 1. The minimum Gasteiger partial charge on any atom is -0.310 e. The summed E-state index contributed by atoms with van der Waals surface area (Å²) in [5.74, 6) is 0. The van der Waals surface area contributed by atoms with Gasteiger partial charge in [0, 0.05) is 27.5 Å². The summed E-state index contributed by atoms with van der Waals surface area (Å²) in [7, 11) is 0. The van der Waals surface area contributed by atoms with Gasteiger partial charge in [0.25, 0.3) is 0 Å². The van der Waals surface area contributed by atoms with E-state index in [9.17, 15) is 0 Å². The van der Waals surface area contributed by atoms with Gasteiger partial charge in [0.1, 0.15) is 0 Å². The van der Waals surface area contributed by atoms with Crippen LogP contribution in [0.3, 0.4) is 0 Å². The Kier molecular flexibility index (Phi) is 9.58. The quantitative estimate of drug-likeness (QED) is 0.154. The molecule has 2 aliphatic carbocycles. The average molecular weight is 1020 g/mol. The van der Waals surface area contributed by atoms with E-state index < -0.39 is 10.8 Å². The second kappa shape index (κ2) is 17.1. The minimum absolute atomic E-state index is 0.555. The molecule has 0 N–H and O–H groups in total. The highest BCUT2D eigenvalue weighted by Crippen LogP contribution is 2.62. The number of fused-ring (bicyclic) bond motifs is 16. The molecule has 1 aliphatic heterocycles. The number of nitrogens with zero attached hydrogens (tertiary/aromatic N) is 2. The Hall–Kier alpha value is -10.3. The molecular formula is C78H50N2. The van der Waals surface area contributed by atoms with Gasteiger partial charge in [-0.1, -0.05) is 255 Å². The van der Waals surface area contributed by atoms with E-state index in [1.54, 1.807) is 0 Å². The van der Waals surface area contributed by atoms with E-state index in [1.165, 1.54) is 127 Å². The number of hydrogen-bond donors (Lipinski definition) is 0. The SMILES string of the molecule is c1ccc(-c2cccc(N(c3ccc4c(c3)C(c3ccccc3)(c3ccccc3)c3ccccc3-4)c3ccc(-c4ccc5c(c4)C4(c6ccccc6-5)c5ccccc5-n5c6ccccc6c6cccc4c65)c4ccccc34)c2)cc1. The largest absolute Gasteiger partial charge is 0.310 e. The van der Waals surface area contributed by atoms with Crippen LogP contribution in [0.4, 0.5) is 17.1 Å². The van der Waals surface area contributed by atoms with Crippen molar-refractivity contribution in [3.05, 3.63) is 348 Å². The zero-order valence-electron chi connectivity index (χ0n) is 43.8. The second-order valence-electron chi connectivity index (χ2n) is 21.8. The third-order valence-electron chi connectivity index (χ3n) is 18.1. The van der Waals surface area contributed by atoms with Gasteiger partial charge >= 0.3 is 0 Å². The lowest BCUT2D eigenvalue weighted by molar-refractivity contribution is 0.749. The van der Waals surface area contributed by atoms with Gasteiger partial charge in [0.05, 0.1) is 33.2 Å². The predicted octanol–water partition coefficient (Wildman–Crippen LogP) is 19.8. The molecule has 1 spiro atoms. The fourth-order valence-electron chi connectivity index (χ4n) is 14.9. The van der Waals surface area contributed by atoms with E-state index in [0.29, 0.717) is 0 Å². The first kappa shape index (κ1) is 44.8. The van der Waals surface area contributed by atoms with Crippen molar-refractivity contribution in [2.75, 3.05) is 4.90 Å². The van der Waals surface area contributed by atoms with E-state index in [4.69, 9.17) is 0 Å². The monoisotopic (exact) mass is 1010 g/mol. The summed E-state index contributed by atoms with van der Waals surface area (Å²) in [5, 5.41) is 4.93. The first-order valence-corrected chi connectivity index (χ1v) is 27.9. The van der Waals surface area contributed by atoms with Crippen LogP contribution in [-0.2, 0) is 10.8 Å². The first-order valence-electron chi connectivity index (χ1n) is 27.9. The van der Waals surface area contributed by atoms with Crippen LogP contribution in [-0.4, -0.2) is 4.57 Å². The fraction of sp³-hybridized carbons (Fsp3) is 0.0256. The van der Waals surface area contributed by atoms with Gasteiger partial charge in [-0.05, 0) is 143 Å². The van der Waals surface area contributed by atoms with Crippen LogP contribution in [0.15, 0.2) is 303 Å². The highest BCUT2D eigenvalue weighted by Gasteiger charge is 2.51. The van der Waals surface area contributed by atoms with E-state index in [1.807, 2.05) is 0 Å². The highest BCUT2D eigenvalue weighted by molar-refractivity contribution is 6.13. The van der Waals surface area contributed by atoms with Crippen LogP contribution in [0.5, 0.6) is 0 Å². The third kappa shape index (κ3) is 6.02. The maximum Gasteiger partial charge on any atom is 0.0754 e. The van der Waals surface area contributed by atoms with Crippen molar-refractivity contribution in [3.63, 3.8) is 0 Å². The molecule has 0 fully saturated rings. The topological polar surface area (TPSA) is 8.17 Å². The summed E-state index contributed by atoms with van der Waals surface area (Å²) in [4.78, 5) is 2.51. The Balaban J connectivity index is 0.898. The van der Waals surface area contributed by atoms with Crippen LogP contribution in [0.2, 0.25) is 0 Å². The van der Waals surface area contributed by atoms with Gasteiger partial charge in [-0.3, -0.25) is 0 Å². The minimum atomic E-state index is -0.556. The lowest BCUT2D eigenvalue weighted by atomic mass is 9.65. The highest BCUT2D eigenvalue weighted by atomic mass is 15.1. The molecule has 2 heterocycles. The first-order chi connectivity index (χ1) is 39.7. The van der Waals surface area contributed by atoms with Crippen molar-refractivity contribution in [1.82, 2.24) is 4.57 Å². The van der Waals surface area contributed by atoms with Crippen molar-refractivity contribution < 1.29 is 0 Å². The fourth-order valence-corrected chi connectivity index (χ4v) is 14.9. The molecule has 1 unspecified atom stereocenters. The Bertz CT molecular complexity index is 4800. The molecule has 14 aromatic rings. The molecule has 0 amide bonds. The molecule has 372 valence electrons. The molecule has 3 aliphatic rings. The molecule has 80 heavy (non-hydrogen) atoms. The van der Waals surface area contributed by atoms with Crippen molar-refractivity contribution in [3.8, 4) is 50.2 Å². The van der Waals surface area contributed by atoms with E-state index in [2.05, 4.69) is 313 Å². The molecule has 13 aromatic carbocycles. The summed E-state index contributed by atoms with van der Waals surface area (Å²) in [5.41, 5.74) is 26.1. The molecular weight excluding hydrogens is 965 g/mol. The number of benzene rings is 13. The van der Waals surface area contributed by atoms with Gasteiger partial charge in [-0.2, -0.15) is 0 Å². The van der Waals surface area contributed by atoms with Crippen LogP contribution in [0.25, 0.3) is 82.8 Å². The zero-order chi connectivity index (χ0) is 52.5. The summed E-state index contributed by atoms with van der Waals surface area (Å²) < 4.78 is 2.53. The predicted molar refractivity (Wildman–Crippen MR) is 332 cm³/mol. The Morgan fingerprint density at radius 3 is 1.52 bits per heavy atom. The Labute approximate surface area is 465 Å². The smallest absolute Gasteiger partial charge is 0.0754 e. The molecule has 0 bridgehead atoms. The van der Waals surface area contributed by atoms with Gasteiger partial charge in [-0.15, -0.1) is 0 Å². The standard InChI is InChI=1S/C78H50N2/c1-4-22-51(23-5-1)52-24-20-29-56(48-52)79(57-43-45-63-60-31-12-15-36-67(60)77(72(63)50-57,54-25-6-2-7-26-54)55-27-8-3-9-28-55)74-47-46-58(59-30-10-11-33-64(59)74)53-42-44-62-61-32-13-16-37-68(61)78(71(62)49-53)69-38-17-19-41-75(69)80-73-40-18-14-34-65(73)66-35-21-39-70(78)76(66)80/h1-50H. The summed E-state index contributed by atoms with van der Waals surface area (Å²) in [6, 6.07) is 114. The van der Waals surface area contributed by atoms with Crippen LogP contribution in [0.1, 0.15) is 44.5 Å². The van der Waals surface area contributed by atoms with Gasteiger partial charge in [-0.25, -0.2) is 0 Å². The van der Waals surface area contributed by atoms with Gasteiger partial charge < -0.3 is 9.47 Å². The summed E-state index contributed by atoms with van der Waals surface area (Å²) in [6.45, 7) is 0. The maximum atomic E-state index is 2.54. The van der Waals surface area contributed by atoms with Crippen LogP contribution in [0, 0.1) is 0 Å². The van der Waals surface area contributed by atoms with Crippen molar-refractivity contribution >= 4 is 49.6 Å². The normalized spacial score (nSPS) is 14.9. The van der Waals surface area contributed by atoms with E-state index in [-0.39, 0.29) is 0 Å². The van der Waals surface area contributed by atoms with Crippen LogP contribution >= 0.6 is 0 Å². The molecule has 2 nitrogen and oxygen atoms in total. The number of anilines is 3. The molecule has 2 heteroatoms. The molecule has 0 saturated carbocycles. The number of para-hydroxylation sites is 3. The summed E-state index contributed by atoms with van der Waals surface area (Å²) in [6.07, 6.45) is 0. The number of hydrogen-bond acceptors (Lipinski definition) is 1. The number of rotatable bonds is 7. The van der Waals surface area contributed by atoms with Crippen molar-refractivity contribution in [1.29, 1.82) is 0 Å². The van der Waals surface area contributed by atoms with Crippen molar-refractivity contribution in [2.45, 2.75) is 10.8 Å². The van der Waals surface area contributed by atoms with Gasteiger partial charge in [0.2, 0.25) is 0 Å². The van der Waals surface area contributed by atoms with E-state index >= 15 is 0 Å². The molecule has 17 rings (SSSR count). The third-order valence-corrected chi connectivity index (χ3v) is 18.1. The Morgan fingerprint density at radius 2 is 0.775 bits per heavy atom. The Morgan fingerprint density at radius 1 is 0.263 bits per heavy atom. The summed E-state index contributed by atoms with van der Waals surface area (Å²) >= 11 is 0.